The smallest absolute Gasteiger partial charge is 0.410 e. The number of carbonyl (C=O) groups is 2. The van der Waals surface area contributed by atoms with E-state index in [0.717, 1.165) is 12.1 Å². The molecule has 3 rings (SSSR count). The van der Waals surface area contributed by atoms with Crippen molar-refractivity contribution in [1.29, 1.82) is 0 Å². The fourth-order valence-electron chi connectivity index (χ4n) is 3.02. The number of aromatic nitrogens is 1. The van der Waals surface area contributed by atoms with Crippen molar-refractivity contribution in [3.8, 4) is 0 Å². The van der Waals surface area contributed by atoms with Crippen LogP contribution in [0.4, 0.5) is 10.5 Å². The van der Waals surface area contributed by atoms with Gasteiger partial charge in [-0.1, -0.05) is 11.6 Å². The highest BCUT2D eigenvalue weighted by Crippen LogP contribution is 2.34. The van der Waals surface area contributed by atoms with Crippen LogP contribution in [-0.4, -0.2) is 40.1 Å². The Labute approximate surface area is 140 Å². The van der Waals surface area contributed by atoms with Crippen molar-refractivity contribution in [1.82, 2.24) is 9.88 Å². The van der Waals surface area contributed by atoms with Gasteiger partial charge in [-0.15, -0.1) is 0 Å². The van der Waals surface area contributed by atoms with Gasteiger partial charge in [-0.25, -0.2) is 9.78 Å². The fraction of sp³-hybridized carbons (Fsp3) is 0.562. The first kappa shape index (κ1) is 16.1. The highest BCUT2D eigenvalue weighted by atomic mass is 35.5. The molecule has 0 N–H and O–H groups in total. The van der Waals surface area contributed by atoms with Crippen molar-refractivity contribution >= 4 is 29.3 Å². The molecule has 1 fully saturated rings. The molecule has 0 spiro atoms. The largest absolute Gasteiger partial charge is 0.444 e. The fourth-order valence-corrected chi connectivity index (χ4v) is 3.18. The zero-order valence-corrected chi connectivity index (χ0v) is 14.3. The summed E-state index contributed by atoms with van der Waals surface area (Å²) in [6, 6.07) is 3.44. The van der Waals surface area contributed by atoms with Crippen molar-refractivity contribution in [3.63, 3.8) is 0 Å². The van der Waals surface area contributed by atoms with Crippen LogP contribution in [0.1, 0.15) is 39.3 Å². The van der Waals surface area contributed by atoms with Gasteiger partial charge in [-0.05, 0) is 39.3 Å². The van der Waals surface area contributed by atoms with Crippen LogP contribution in [0.25, 0.3) is 0 Å². The zero-order valence-electron chi connectivity index (χ0n) is 13.5. The van der Waals surface area contributed by atoms with Crippen LogP contribution in [0.5, 0.6) is 0 Å². The predicted octanol–water partition coefficient (Wildman–Crippen LogP) is 2.98. The molecule has 0 radical (unpaired) electrons. The lowest BCUT2D eigenvalue weighted by Crippen LogP contribution is -2.43. The average molecular weight is 338 g/mol. The van der Waals surface area contributed by atoms with Crippen molar-refractivity contribution in [2.75, 3.05) is 11.4 Å². The van der Waals surface area contributed by atoms with E-state index in [-0.39, 0.29) is 18.5 Å². The van der Waals surface area contributed by atoms with Crippen molar-refractivity contribution < 1.29 is 14.3 Å². The van der Waals surface area contributed by atoms with Crippen LogP contribution in [0.3, 0.4) is 0 Å². The highest BCUT2D eigenvalue weighted by Gasteiger charge is 2.39. The third-order valence-corrected chi connectivity index (χ3v) is 4.13. The van der Waals surface area contributed by atoms with Crippen LogP contribution >= 0.6 is 11.6 Å². The number of amides is 2. The second-order valence-electron chi connectivity index (χ2n) is 6.92. The maximum Gasteiger partial charge on any atom is 0.410 e. The number of fused-ring (bicyclic) bond motifs is 3. The summed E-state index contributed by atoms with van der Waals surface area (Å²) in [4.78, 5) is 32.4. The molecular weight excluding hydrogens is 318 g/mol. The Balaban J connectivity index is 1.95. The van der Waals surface area contributed by atoms with Gasteiger partial charge in [0.15, 0.2) is 0 Å². The van der Waals surface area contributed by atoms with Crippen molar-refractivity contribution in [3.05, 3.63) is 23.0 Å². The molecule has 2 amide bonds. The van der Waals surface area contributed by atoms with E-state index < -0.39 is 11.7 Å². The lowest BCUT2D eigenvalue weighted by atomic mass is 10.2. The molecule has 1 aromatic heterocycles. The molecule has 0 bridgehead atoms. The van der Waals surface area contributed by atoms with Crippen LogP contribution in [-0.2, 0) is 16.1 Å². The molecule has 1 saturated heterocycles. The maximum absolute atomic E-state index is 12.5. The second-order valence-corrected chi connectivity index (χ2v) is 7.30. The standard InChI is InChI=1S/C16H20ClN3O3/c1-16(2,3)23-15(22)19-8-10-4-7-14(21)20(10)12-5-6-13(17)18-11(12)9-19/h5-6,10H,4,7-9H2,1-3H3/t10-/m1/s1. The Morgan fingerprint density at radius 3 is 2.83 bits per heavy atom. The topological polar surface area (TPSA) is 62.7 Å². The number of anilines is 1. The Morgan fingerprint density at radius 2 is 2.13 bits per heavy atom. The highest BCUT2D eigenvalue weighted by molar-refractivity contribution is 6.29. The van der Waals surface area contributed by atoms with Crippen LogP contribution in [0.15, 0.2) is 12.1 Å². The van der Waals surface area contributed by atoms with Crippen molar-refractivity contribution in [2.45, 2.75) is 51.8 Å². The van der Waals surface area contributed by atoms with Crippen LogP contribution < -0.4 is 4.90 Å². The molecule has 0 aliphatic carbocycles. The molecule has 124 valence electrons. The number of hydrogen-bond donors (Lipinski definition) is 0. The third kappa shape index (κ3) is 3.27. The van der Waals surface area contributed by atoms with Gasteiger partial charge in [0, 0.05) is 13.0 Å². The van der Waals surface area contributed by atoms with Gasteiger partial charge >= 0.3 is 6.09 Å². The Hall–Kier alpha value is -1.82. The number of rotatable bonds is 0. The van der Waals surface area contributed by atoms with E-state index in [1.165, 1.54) is 0 Å². The SMILES string of the molecule is CC(C)(C)OC(=O)N1Cc2nc(Cl)ccc2N2C(=O)CC[C@@H]2C1. The maximum atomic E-state index is 12.5. The first-order chi connectivity index (χ1) is 10.7. The summed E-state index contributed by atoms with van der Waals surface area (Å²) >= 11 is 5.99. The van der Waals surface area contributed by atoms with Crippen LogP contribution in [0.2, 0.25) is 5.15 Å². The molecule has 0 aromatic carbocycles. The molecule has 7 heteroatoms. The molecular formula is C16H20ClN3O3. The molecule has 0 unspecified atom stereocenters. The molecule has 2 aliphatic heterocycles. The van der Waals surface area contributed by atoms with E-state index in [4.69, 9.17) is 16.3 Å². The Kier molecular flexibility index (Phi) is 3.96. The number of nitrogens with zero attached hydrogens (tertiary/aromatic N) is 3. The summed E-state index contributed by atoms with van der Waals surface area (Å²) in [5, 5.41) is 0.345. The van der Waals surface area contributed by atoms with Gasteiger partial charge in [0.25, 0.3) is 0 Å². The predicted molar refractivity (Wildman–Crippen MR) is 86.4 cm³/mol. The zero-order chi connectivity index (χ0) is 16.8. The summed E-state index contributed by atoms with van der Waals surface area (Å²) in [7, 11) is 0. The average Bonchev–Trinajstić information content (AvgIpc) is 2.69. The molecule has 1 aromatic rings. The van der Waals surface area contributed by atoms with E-state index in [1.807, 2.05) is 20.8 Å². The minimum atomic E-state index is -0.570. The van der Waals surface area contributed by atoms with Gasteiger partial charge in [0.1, 0.15) is 10.8 Å². The summed E-state index contributed by atoms with van der Waals surface area (Å²) < 4.78 is 5.48. The number of hydrogen-bond acceptors (Lipinski definition) is 4. The molecule has 3 heterocycles. The molecule has 6 nitrogen and oxygen atoms in total. The van der Waals surface area contributed by atoms with Gasteiger partial charge in [-0.3, -0.25) is 4.79 Å². The molecule has 0 saturated carbocycles. The number of carbonyl (C=O) groups excluding carboxylic acids is 2. The van der Waals surface area contributed by atoms with Crippen molar-refractivity contribution in [2.24, 2.45) is 0 Å². The first-order valence-corrected chi connectivity index (χ1v) is 8.08. The normalized spacial score (nSPS) is 20.9. The monoisotopic (exact) mass is 337 g/mol. The number of ether oxygens (including phenoxy) is 1. The van der Waals surface area contributed by atoms with E-state index in [2.05, 4.69) is 4.98 Å². The lowest BCUT2D eigenvalue weighted by molar-refractivity contribution is -0.117. The third-order valence-electron chi connectivity index (χ3n) is 3.92. The Morgan fingerprint density at radius 1 is 1.39 bits per heavy atom. The van der Waals surface area contributed by atoms with Crippen LogP contribution in [0, 0.1) is 0 Å². The van der Waals surface area contributed by atoms with E-state index in [0.29, 0.717) is 23.8 Å². The minimum absolute atomic E-state index is 0.0424. The van der Waals surface area contributed by atoms with Gasteiger partial charge < -0.3 is 14.5 Å². The minimum Gasteiger partial charge on any atom is -0.444 e. The van der Waals surface area contributed by atoms with E-state index >= 15 is 0 Å². The van der Waals surface area contributed by atoms with E-state index in [9.17, 15) is 9.59 Å². The summed E-state index contributed by atoms with van der Waals surface area (Å²) in [6.45, 7) is 6.21. The van der Waals surface area contributed by atoms with Gasteiger partial charge in [-0.2, -0.15) is 0 Å². The number of pyridine rings is 1. The Bertz CT molecular complexity index is 656. The summed E-state index contributed by atoms with van der Waals surface area (Å²) in [5.41, 5.74) is 0.799. The molecule has 1 atom stereocenters. The first-order valence-electron chi connectivity index (χ1n) is 7.70. The number of halogens is 1. The molecule has 2 aliphatic rings. The molecule has 23 heavy (non-hydrogen) atoms. The summed E-state index contributed by atoms with van der Waals surface area (Å²) in [6.07, 6.45) is 0.807. The van der Waals surface area contributed by atoms with Gasteiger partial charge in [0.2, 0.25) is 5.91 Å². The van der Waals surface area contributed by atoms with E-state index in [1.54, 1.807) is 21.9 Å². The quantitative estimate of drug-likeness (QED) is 0.683. The summed E-state index contributed by atoms with van der Waals surface area (Å²) in [5.74, 6) is 0.0615. The van der Waals surface area contributed by atoms with Gasteiger partial charge in [0.05, 0.1) is 24.0 Å². The second kappa shape index (κ2) is 5.67. The lowest BCUT2D eigenvalue weighted by Gasteiger charge is -2.28.